The van der Waals surface area contributed by atoms with Gasteiger partial charge in [0.25, 0.3) is 11.7 Å². The van der Waals surface area contributed by atoms with Gasteiger partial charge in [0.2, 0.25) is 0 Å². The number of Topliss-reactive ketones (excluding diaryl/α,β-unsaturated/α-hetero) is 1. The van der Waals surface area contributed by atoms with E-state index in [-0.39, 0.29) is 16.7 Å². The van der Waals surface area contributed by atoms with Gasteiger partial charge in [-0.2, -0.15) is 0 Å². The first-order valence-corrected chi connectivity index (χ1v) is 11.7. The molecule has 1 fully saturated rings. The Morgan fingerprint density at radius 1 is 0.914 bits per heavy atom. The molecule has 1 N–H and O–H groups in total. The summed E-state index contributed by atoms with van der Waals surface area (Å²) in [6.45, 7) is 10.1. The van der Waals surface area contributed by atoms with Crippen LogP contribution in [0.5, 0.6) is 5.75 Å². The molecule has 1 unspecified atom stereocenters. The highest BCUT2D eigenvalue weighted by molar-refractivity contribution is 6.51. The number of aliphatic hydroxyl groups is 1. The van der Waals surface area contributed by atoms with Gasteiger partial charge in [0.05, 0.1) is 18.7 Å². The van der Waals surface area contributed by atoms with E-state index < -0.39 is 17.7 Å². The number of carbonyl (C=O) groups excluding carboxylic acids is 2. The van der Waals surface area contributed by atoms with Gasteiger partial charge in [0, 0.05) is 16.8 Å². The molecule has 1 amide bonds. The first-order valence-electron chi connectivity index (χ1n) is 11.7. The van der Waals surface area contributed by atoms with E-state index >= 15 is 0 Å². The van der Waals surface area contributed by atoms with Crippen LogP contribution in [0.25, 0.3) is 5.76 Å². The average Bonchev–Trinajstić information content (AvgIpc) is 3.08. The van der Waals surface area contributed by atoms with Crippen molar-refractivity contribution in [3.05, 3.63) is 100 Å². The Bertz CT molecular complexity index is 1330. The standard InChI is InChI=1S/C30H31NO4/c1-18-10-13-22(14-11-18)31-26(20-9-7-8-19(2)16-20)25(28(33)29(31)34)27(32)21-12-15-24(35-6)23(17-21)30(3,4)5/h7-17,26,32H,1-6H3/b27-25-. The highest BCUT2D eigenvalue weighted by atomic mass is 16.5. The van der Waals surface area contributed by atoms with Gasteiger partial charge in [-0.1, -0.05) is 68.3 Å². The molecule has 1 aliphatic rings. The predicted molar refractivity (Wildman–Crippen MR) is 139 cm³/mol. The number of benzene rings is 3. The van der Waals surface area contributed by atoms with Crippen LogP contribution in [-0.2, 0) is 15.0 Å². The maximum Gasteiger partial charge on any atom is 0.300 e. The second kappa shape index (κ2) is 9.06. The molecule has 1 atom stereocenters. The minimum Gasteiger partial charge on any atom is -0.507 e. The van der Waals surface area contributed by atoms with Gasteiger partial charge in [-0.3, -0.25) is 14.5 Å². The Kier molecular flexibility index (Phi) is 6.28. The monoisotopic (exact) mass is 469 g/mol. The summed E-state index contributed by atoms with van der Waals surface area (Å²) in [6.07, 6.45) is 0. The third-order valence-corrected chi connectivity index (χ3v) is 6.40. The lowest BCUT2D eigenvalue weighted by Crippen LogP contribution is -2.29. The highest BCUT2D eigenvalue weighted by Crippen LogP contribution is 2.43. The van der Waals surface area contributed by atoms with Gasteiger partial charge < -0.3 is 9.84 Å². The number of aryl methyl sites for hydroxylation is 2. The van der Waals surface area contributed by atoms with Gasteiger partial charge in [-0.25, -0.2) is 0 Å². The summed E-state index contributed by atoms with van der Waals surface area (Å²) < 4.78 is 5.53. The maximum absolute atomic E-state index is 13.4. The summed E-state index contributed by atoms with van der Waals surface area (Å²) in [6, 6.07) is 19.7. The van der Waals surface area contributed by atoms with Gasteiger partial charge >= 0.3 is 0 Å². The highest BCUT2D eigenvalue weighted by Gasteiger charge is 2.47. The van der Waals surface area contributed by atoms with Crippen molar-refractivity contribution in [2.75, 3.05) is 12.0 Å². The molecule has 0 bridgehead atoms. The molecule has 180 valence electrons. The molecular formula is C30H31NO4. The molecule has 1 saturated heterocycles. The van der Waals surface area contributed by atoms with Crippen LogP contribution in [0.1, 0.15) is 54.6 Å². The number of rotatable bonds is 4. The second-order valence-corrected chi connectivity index (χ2v) is 10.1. The first kappa shape index (κ1) is 24.3. The molecule has 0 aromatic heterocycles. The molecule has 5 nitrogen and oxygen atoms in total. The summed E-state index contributed by atoms with van der Waals surface area (Å²) in [4.78, 5) is 28.2. The lowest BCUT2D eigenvalue weighted by molar-refractivity contribution is -0.132. The van der Waals surface area contributed by atoms with E-state index in [1.54, 1.807) is 19.2 Å². The van der Waals surface area contributed by atoms with Crippen molar-refractivity contribution in [1.29, 1.82) is 0 Å². The van der Waals surface area contributed by atoms with Crippen LogP contribution in [0.2, 0.25) is 0 Å². The lowest BCUT2D eigenvalue weighted by Gasteiger charge is -2.26. The number of ether oxygens (including phenoxy) is 1. The van der Waals surface area contributed by atoms with Crippen molar-refractivity contribution in [2.45, 2.75) is 46.1 Å². The van der Waals surface area contributed by atoms with E-state index in [0.717, 1.165) is 22.3 Å². The molecule has 4 rings (SSSR count). The average molecular weight is 470 g/mol. The summed E-state index contributed by atoms with van der Waals surface area (Å²) >= 11 is 0. The number of methoxy groups -OCH3 is 1. The number of hydrogen-bond acceptors (Lipinski definition) is 4. The number of hydrogen-bond donors (Lipinski definition) is 1. The quantitative estimate of drug-likeness (QED) is 0.279. The van der Waals surface area contributed by atoms with Gasteiger partial charge in [0.15, 0.2) is 0 Å². The third-order valence-electron chi connectivity index (χ3n) is 6.40. The minimum atomic E-state index is -0.752. The molecule has 35 heavy (non-hydrogen) atoms. The fraction of sp³-hybridized carbons (Fsp3) is 0.267. The van der Waals surface area contributed by atoms with E-state index in [0.29, 0.717) is 17.0 Å². The Balaban J connectivity index is 1.96. The van der Waals surface area contributed by atoms with Crippen molar-refractivity contribution in [2.24, 2.45) is 0 Å². The van der Waals surface area contributed by atoms with Crippen LogP contribution in [0.3, 0.4) is 0 Å². The van der Waals surface area contributed by atoms with Crippen LogP contribution >= 0.6 is 0 Å². The predicted octanol–water partition coefficient (Wildman–Crippen LogP) is 6.24. The zero-order chi connectivity index (χ0) is 25.5. The Morgan fingerprint density at radius 2 is 1.60 bits per heavy atom. The fourth-order valence-corrected chi connectivity index (χ4v) is 4.56. The van der Waals surface area contributed by atoms with Gasteiger partial charge in [-0.15, -0.1) is 0 Å². The normalized spacial score (nSPS) is 17.7. The summed E-state index contributed by atoms with van der Waals surface area (Å²) in [7, 11) is 1.61. The van der Waals surface area contributed by atoms with E-state index in [1.165, 1.54) is 4.90 Å². The topological polar surface area (TPSA) is 66.8 Å². The Hall–Kier alpha value is -3.86. The van der Waals surface area contributed by atoms with Crippen LogP contribution in [0.15, 0.2) is 72.3 Å². The zero-order valence-corrected chi connectivity index (χ0v) is 21.0. The van der Waals surface area contributed by atoms with Crippen molar-refractivity contribution >= 4 is 23.1 Å². The molecule has 0 spiro atoms. The van der Waals surface area contributed by atoms with Crippen molar-refractivity contribution in [3.8, 4) is 5.75 Å². The van der Waals surface area contributed by atoms with Crippen LogP contribution in [0.4, 0.5) is 5.69 Å². The molecule has 0 radical (unpaired) electrons. The Labute approximate surface area is 206 Å². The van der Waals surface area contributed by atoms with Crippen LogP contribution < -0.4 is 9.64 Å². The van der Waals surface area contributed by atoms with Crippen LogP contribution in [-0.4, -0.2) is 23.9 Å². The number of amides is 1. The molecule has 3 aromatic carbocycles. The first-order chi connectivity index (χ1) is 16.5. The minimum absolute atomic E-state index is 0.0752. The smallest absolute Gasteiger partial charge is 0.300 e. The van der Waals surface area contributed by atoms with Crippen molar-refractivity contribution < 1.29 is 19.4 Å². The summed E-state index contributed by atoms with van der Waals surface area (Å²) in [5, 5.41) is 11.5. The zero-order valence-electron chi connectivity index (χ0n) is 21.0. The van der Waals surface area contributed by atoms with E-state index in [2.05, 4.69) is 20.8 Å². The molecule has 1 aliphatic heterocycles. The molecule has 0 aliphatic carbocycles. The van der Waals surface area contributed by atoms with Crippen molar-refractivity contribution in [1.82, 2.24) is 0 Å². The second-order valence-electron chi connectivity index (χ2n) is 10.1. The largest absolute Gasteiger partial charge is 0.507 e. The van der Waals surface area contributed by atoms with E-state index in [9.17, 15) is 14.7 Å². The third kappa shape index (κ3) is 4.46. The number of aliphatic hydroxyl groups excluding tert-OH is 1. The van der Waals surface area contributed by atoms with E-state index in [4.69, 9.17) is 4.74 Å². The molecule has 0 saturated carbocycles. The number of ketones is 1. The number of anilines is 1. The lowest BCUT2D eigenvalue weighted by atomic mass is 9.84. The fourth-order valence-electron chi connectivity index (χ4n) is 4.56. The molecule has 1 heterocycles. The van der Waals surface area contributed by atoms with Crippen molar-refractivity contribution in [3.63, 3.8) is 0 Å². The van der Waals surface area contributed by atoms with Gasteiger partial charge in [0.1, 0.15) is 11.5 Å². The molecule has 3 aromatic rings. The number of nitrogens with zero attached hydrogens (tertiary/aromatic N) is 1. The SMILES string of the molecule is COc1ccc(/C(O)=C2/C(=O)C(=O)N(c3ccc(C)cc3)C2c2cccc(C)c2)cc1C(C)(C)C. The number of carbonyl (C=O) groups is 2. The van der Waals surface area contributed by atoms with Crippen LogP contribution in [0, 0.1) is 13.8 Å². The van der Waals surface area contributed by atoms with E-state index in [1.807, 2.05) is 68.4 Å². The summed E-state index contributed by atoms with van der Waals surface area (Å²) in [5.41, 5.74) is 4.59. The van der Waals surface area contributed by atoms with Gasteiger partial charge in [-0.05, 0) is 55.2 Å². The maximum atomic E-state index is 13.4. The Morgan fingerprint density at radius 3 is 2.20 bits per heavy atom. The molecule has 5 heteroatoms. The molecular weight excluding hydrogens is 438 g/mol. The summed E-state index contributed by atoms with van der Waals surface area (Å²) in [5.74, 6) is -0.865.